The van der Waals surface area contributed by atoms with Crippen molar-refractivity contribution in [3.8, 4) is 0 Å². The molecule has 4 aliphatic rings. The van der Waals surface area contributed by atoms with Crippen LogP contribution in [-0.4, -0.2) is 82.5 Å². The number of nitrogens with one attached hydrogen (secondary N) is 3. The van der Waals surface area contributed by atoms with Crippen molar-refractivity contribution in [3.05, 3.63) is 0 Å². The summed E-state index contributed by atoms with van der Waals surface area (Å²) in [6.45, 7) is 5.63. The Morgan fingerprint density at radius 2 is 1.89 bits per heavy atom. The van der Waals surface area contributed by atoms with Gasteiger partial charge in [0, 0.05) is 13.1 Å². The molecular weight excluding hydrogens is 524 g/mol. The van der Waals surface area contributed by atoms with Crippen molar-refractivity contribution in [2.45, 2.75) is 82.7 Å². The van der Waals surface area contributed by atoms with Crippen LogP contribution in [0.25, 0.3) is 0 Å². The zero-order valence-corrected chi connectivity index (χ0v) is 22.7. The maximum absolute atomic E-state index is 14.4. The second-order valence-corrected chi connectivity index (χ2v) is 12.4. The van der Waals surface area contributed by atoms with Crippen molar-refractivity contribution in [1.82, 2.24) is 26.0 Å². The fourth-order valence-corrected chi connectivity index (χ4v) is 5.95. The molecule has 2 aliphatic carbocycles. The van der Waals surface area contributed by atoms with Crippen molar-refractivity contribution in [3.63, 3.8) is 0 Å². The summed E-state index contributed by atoms with van der Waals surface area (Å²) >= 11 is 5.39. The SMILES string of the molecule is CC(C)(C)[C@H](NC(=O)C1(F)CC1)C(=O)N1C[C@@H]2CCC[C@@H]2[C@H]1C(=O)NN(C[C@@H]1CCNC1=O)C(=O)[C@H](F)Cl. The second-order valence-electron chi connectivity index (χ2n) is 12.0. The van der Waals surface area contributed by atoms with Gasteiger partial charge in [0.25, 0.3) is 23.4 Å². The molecule has 5 amide bonds. The number of likely N-dealkylation sites (tertiary alicyclic amines) is 1. The largest absolute Gasteiger partial charge is 0.356 e. The fraction of sp³-hybridized carbons (Fsp3) is 0.800. The maximum Gasteiger partial charge on any atom is 0.291 e. The number of fused-ring (bicyclic) bond motifs is 1. The molecule has 4 rings (SSSR count). The molecule has 0 unspecified atom stereocenters. The Morgan fingerprint density at radius 1 is 1.21 bits per heavy atom. The molecule has 2 aliphatic heterocycles. The van der Waals surface area contributed by atoms with Crippen LogP contribution in [0.2, 0.25) is 0 Å². The summed E-state index contributed by atoms with van der Waals surface area (Å²) in [6, 6.07) is -2.08. The molecule has 0 radical (unpaired) electrons. The van der Waals surface area contributed by atoms with Crippen LogP contribution in [0.5, 0.6) is 0 Å². The smallest absolute Gasteiger partial charge is 0.291 e. The van der Waals surface area contributed by atoms with E-state index in [0.29, 0.717) is 19.4 Å². The number of carbonyl (C=O) groups is 5. The van der Waals surface area contributed by atoms with Crippen molar-refractivity contribution < 1.29 is 32.8 Å². The first-order chi connectivity index (χ1) is 17.7. The summed E-state index contributed by atoms with van der Waals surface area (Å²) in [7, 11) is 0. The third-order valence-corrected chi connectivity index (χ3v) is 8.38. The lowest BCUT2D eigenvalue weighted by molar-refractivity contribution is -0.151. The van der Waals surface area contributed by atoms with Crippen molar-refractivity contribution in [1.29, 1.82) is 0 Å². The molecule has 0 aromatic rings. The number of halogens is 3. The van der Waals surface area contributed by atoms with Crippen molar-refractivity contribution >= 4 is 41.1 Å². The van der Waals surface area contributed by atoms with E-state index in [0.717, 1.165) is 17.9 Å². The highest BCUT2D eigenvalue weighted by atomic mass is 35.5. The van der Waals surface area contributed by atoms with Crippen LogP contribution in [0.1, 0.15) is 59.3 Å². The van der Waals surface area contributed by atoms with E-state index in [9.17, 15) is 32.8 Å². The molecule has 2 saturated heterocycles. The minimum Gasteiger partial charge on any atom is -0.356 e. The molecule has 3 N–H and O–H groups in total. The minimum atomic E-state index is -2.43. The zero-order chi connectivity index (χ0) is 28.0. The number of carbonyl (C=O) groups excluding carboxylic acids is 5. The van der Waals surface area contributed by atoms with Crippen LogP contribution in [-0.2, 0) is 24.0 Å². The van der Waals surface area contributed by atoms with Crippen LogP contribution in [0.4, 0.5) is 8.78 Å². The molecule has 2 heterocycles. The summed E-state index contributed by atoms with van der Waals surface area (Å²) in [5.41, 5.74) is -2.75. The Hall–Kier alpha value is -2.50. The number of hydrogen-bond donors (Lipinski definition) is 3. The number of hydrazine groups is 1. The monoisotopic (exact) mass is 559 g/mol. The van der Waals surface area contributed by atoms with Crippen molar-refractivity contribution in [2.24, 2.45) is 23.2 Å². The Morgan fingerprint density at radius 3 is 2.45 bits per heavy atom. The van der Waals surface area contributed by atoms with E-state index in [1.54, 1.807) is 20.8 Å². The third kappa shape index (κ3) is 5.74. The molecule has 212 valence electrons. The van der Waals surface area contributed by atoms with E-state index < -0.39 is 58.3 Å². The molecule has 0 bridgehead atoms. The predicted molar refractivity (Wildman–Crippen MR) is 133 cm³/mol. The van der Waals surface area contributed by atoms with Crippen molar-refractivity contribution in [2.75, 3.05) is 19.6 Å². The Bertz CT molecular complexity index is 1000. The average molecular weight is 560 g/mol. The Balaban J connectivity index is 1.56. The van der Waals surface area contributed by atoms with Gasteiger partial charge in [0.1, 0.15) is 12.1 Å². The Kier molecular flexibility index (Phi) is 7.94. The standard InChI is InChI=1S/C25H36ClF2N5O5/c1-24(2,3)17(30-23(38)25(28)8-9-25)21(36)32-11-13-5-4-6-15(13)16(32)20(35)31-33(22(37)18(26)27)12-14-7-10-29-19(14)34/h13-18H,4-12H2,1-3H3,(H,29,34)(H,30,38)(H,31,35)/t13-,14-,15-,16-,17+,18-/m0/s1. The number of rotatable bonds is 7. The number of amides is 5. The predicted octanol–water partition coefficient (Wildman–Crippen LogP) is 1.18. The molecule has 10 nitrogen and oxygen atoms in total. The summed E-state index contributed by atoms with van der Waals surface area (Å²) in [4.78, 5) is 66.0. The quantitative estimate of drug-likeness (QED) is 0.319. The van der Waals surface area contributed by atoms with E-state index in [4.69, 9.17) is 11.6 Å². The van der Waals surface area contributed by atoms with Crippen LogP contribution in [0.3, 0.4) is 0 Å². The van der Waals surface area contributed by atoms with Gasteiger partial charge < -0.3 is 15.5 Å². The third-order valence-electron chi connectivity index (χ3n) is 8.19. The van der Waals surface area contributed by atoms with Gasteiger partial charge in [0.2, 0.25) is 11.8 Å². The van der Waals surface area contributed by atoms with Gasteiger partial charge in [-0.3, -0.25) is 29.4 Å². The molecule has 0 aromatic heterocycles. The van der Waals surface area contributed by atoms with Gasteiger partial charge in [0.15, 0.2) is 5.67 Å². The van der Waals surface area contributed by atoms with E-state index in [2.05, 4.69) is 16.1 Å². The first kappa shape index (κ1) is 28.5. The highest BCUT2D eigenvalue weighted by Crippen LogP contribution is 2.44. The van der Waals surface area contributed by atoms with Gasteiger partial charge in [0.05, 0.1) is 12.5 Å². The van der Waals surface area contributed by atoms with E-state index in [1.807, 2.05) is 0 Å². The van der Waals surface area contributed by atoms with Crippen LogP contribution >= 0.6 is 11.6 Å². The topological polar surface area (TPSA) is 128 Å². The molecule has 0 aromatic carbocycles. The first-order valence-electron chi connectivity index (χ1n) is 13.2. The van der Waals surface area contributed by atoms with Gasteiger partial charge in [-0.05, 0) is 49.4 Å². The lowest BCUT2D eigenvalue weighted by Crippen LogP contribution is -2.61. The average Bonchev–Trinajstić information content (AvgIpc) is 3.14. The summed E-state index contributed by atoms with van der Waals surface area (Å²) in [6.07, 6.45) is 2.94. The lowest BCUT2D eigenvalue weighted by atomic mass is 9.85. The molecule has 6 atom stereocenters. The Labute approximate surface area is 225 Å². The van der Waals surface area contributed by atoms with Crippen LogP contribution in [0, 0.1) is 23.2 Å². The molecular formula is C25H36ClF2N5O5. The van der Waals surface area contributed by atoms with Gasteiger partial charge in [-0.1, -0.05) is 38.8 Å². The van der Waals surface area contributed by atoms with Gasteiger partial charge in [-0.15, -0.1) is 0 Å². The molecule has 0 spiro atoms. The summed E-state index contributed by atoms with van der Waals surface area (Å²) < 4.78 is 28.3. The highest BCUT2D eigenvalue weighted by Gasteiger charge is 2.55. The van der Waals surface area contributed by atoms with Gasteiger partial charge in [-0.25, -0.2) is 13.8 Å². The first-order valence-corrected chi connectivity index (χ1v) is 13.6. The molecule has 13 heteroatoms. The van der Waals surface area contributed by atoms with E-state index in [-0.39, 0.29) is 43.7 Å². The molecule has 4 fully saturated rings. The van der Waals surface area contributed by atoms with Gasteiger partial charge >= 0.3 is 0 Å². The highest BCUT2D eigenvalue weighted by molar-refractivity contribution is 6.29. The number of nitrogens with zero attached hydrogens (tertiary/aromatic N) is 2. The number of alkyl halides is 3. The fourth-order valence-electron chi connectivity index (χ4n) is 5.83. The van der Waals surface area contributed by atoms with E-state index >= 15 is 0 Å². The van der Waals surface area contributed by atoms with Crippen LogP contribution < -0.4 is 16.1 Å². The molecule has 38 heavy (non-hydrogen) atoms. The summed E-state index contributed by atoms with van der Waals surface area (Å²) in [5.74, 6) is -4.39. The molecule has 2 saturated carbocycles. The van der Waals surface area contributed by atoms with Gasteiger partial charge in [-0.2, -0.15) is 0 Å². The van der Waals surface area contributed by atoms with Crippen LogP contribution in [0.15, 0.2) is 0 Å². The second kappa shape index (κ2) is 10.6. The normalized spacial score (nSPS) is 29.2. The minimum absolute atomic E-state index is 0.0358. The maximum atomic E-state index is 14.4. The lowest BCUT2D eigenvalue weighted by Gasteiger charge is -2.37. The zero-order valence-electron chi connectivity index (χ0n) is 21.9. The number of hydrogen-bond acceptors (Lipinski definition) is 5. The van der Waals surface area contributed by atoms with E-state index in [1.165, 1.54) is 4.90 Å². The summed E-state index contributed by atoms with van der Waals surface area (Å²) in [5, 5.41) is 5.93.